The summed E-state index contributed by atoms with van der Waals surface area (Å²) in [7, 11) is 0. The first kappa shape index (κ1) is 15.7. The SMILES string of the molecule is CCCNC(=O)C1COCCN1C1CCCCCC1N. The Balaban J connectivity index is 2.02. The van der Waals surface area contributed by atoms with Crippen LogP contribution in [0.15, 0.2) is 0 Å². The Morgan fingerprint density at radius 3 is 2.95 bits per heavy atom. The van der Waals surface area contributed by atoms with Crippen LogP contribution in [-0.4, -0.2) is 55.2 Å². The number of carbonyl (C=O) groups is 1. The molecular formula is C15H29N3O2. The first-order chi connectivity index (χ1) is 9.74. The minimum atomic E-state index is -0.163. The van der Waals surface area contributed by atoms with Crippen LogP contribution in [0.3, 0.4) is 0 Å². The van der Waals surface area contributed by atoms with Crippen LogP contribution in [-0.2, 0) is 9.53 Å². The van der Waals surface area contributed by atoms with Crippen molar-refractivity contribution < 1.29 is 9.53 Å². The molecule has 3 N–H and O–H groups in total. The summed E-state index contributed by atoms with van der Waals surface area (Å²) in [5, 5.41) is 3.00. The molecule has 0 aromatic rings. The van der Waals surface area contributed by atoms with E-state index in [1.165, 1.54) is 19.3 Å². The summed E-state index contributed by atoms with van der Waals surface area (Å²) in [5.74, 6) is 0.1000. The van der Waals surface area contributed by atoms with Gasteiger partial charge in [-0.1, -0.05) is 26.2 Å². The van der Waals surface area contributed by atoms with Gasteiger partial charge in [0.25, 0.3) is 0 Å². The van der Waals surface area contributed by atoms with Crippen LogP contribution in [0.1, 0.15) is 45.4 Å². The molecule has 1 saturated heterocycles. The monoisotopic (exact) mass is 283 g/mol. The summed E-state index contributed by atoms with van der Waals surface area (Å²) in [6.07, 6.45) is 6.85. The van der Waals surface area contributed by atoms with Crippen molar-refractivity contribution >= 4 is 5.91 Å². The van der Waals surface area contributed by atoms with Crippen LogP contribution in [0.4, 0.5) is 0 Å². The lowest BCUT2D eigenvalue weighted by Gasteiger charge is -2.42. The van der Waals surface area contributed by atoms with E-state index < -0.39 is 0 Å². The van der Waals surface area contributed by atoms with Crippen molar-refractivity contribution in [3.8, 4) is 0 Å². The van der Waals surface area contributed by atoms with E-state index in [0.29, 0.717) is 19.3 Å². The highest BCUT2D eigenvalue weighted by Gasteiger charge is 2.36. The zero-order valence-electron chi connectivity index (χ0n) is 12.6. The van der Waals surface area contributed by atoms with Crippen LogP contribution in [0.2, 0.25) is 0 Å². The number of ether oxygens (including phenoxy) is 1. The molecule has 20 heavy (non-hydrogen) atoms. The molecule has 1 amide bonds. The number of carbonyl (C=O) groups excluding carboxylic acids is 1. The number of amides is 1. The number of morpholine rings is 1. The van der Waals surface area contributed by atoms with Gasteiger partial charge in [-0.2, -0.15) is 0 Å². The molecule has 1 aliphatic heterocycles. The lowest BCUT2D eigenvalue weighted by molar-refractivity contribution is -0.135. The van der Waals surface area contributed by atoms with E-state index in [1.54, 1.807) is 0 Å². The Morgan fingerprint density at radius 2 is 2.15 bits per heavy atom. The summed E-state index contributed by atoms with van der Waals surface area (Å²) in [5.41, 5.74) is 6.36. The largest absolute Gasteiger partial charge is 0.378 e. The van der Waals surface area contributed by atoms with Crippen molar-refractivity contribution in [1.29, 1.82) is 0 Å². The zero-order valence-corrected chi connectivity index (χ0v) is 12.6. The van der Waals surface area contributed by atoms with Crippen molar-refractivity contribution in [3.63, 3.8) is 0 Å². The molecule has 0 radical (unpaired) electrons. The fourth-order valence-electron chi connectivity index (χ4n) is 3.33. The second-order valence-electron chi connectivity index (χ2n) is 5.99. The van der Waals surface area contributed by atoms with Gasteiger partial charge < -0.3 is 15.8 Å². The molecule has 2 rings (SSSR count). The van der Waals surface area contributed by atoms with Gasteiger partial charge in [0.15, 0.2) is 0 Å². The van der Waals surface area contributed by atoms with E-state index in [2.05, 4.69) is 17.1 Å². The second-order valence-corrected chi connectivity index (χ2v) is 5.99. The van der Waals surface area contributed by atoms with Crippen molar-refractivity contribution in [3.05, 3.63) is 0 Å². The molecule has 5 heteroatoms. The highest BCUT2D eigenvalue weighted by Crippen LogP contribution is 2.24. The molecule has 2 aliphatic rings. The molecule has 116 valence electrons. The normalized spacial score (nSPS) is 32.6. The molecule has 1 heterocycles. The first-order valence-electron chi connectivity index (χ1n) is 8.10. The maximum Gasteiger partial charge on any atom is 0.239 e. The molecule has 2 fully saturated rings. The summed E-state index contributed by atoms with van der Waals surface area (Å²) in [4.78, 5) is 14.6. The lowest BCUT2D eigenvalue weighted by atomic mass is 9.99. The number of hydrogen-bond acceptors (Lipinski definition) is 4. The summed E-state index contributed by atoms with van der Waals surface area (Å²) < 4.78 is 5.53. The molecule has 3 unspecified atom stereocenters. The molecule has 0 spiro atoms. The molecule has 3 atom stereocenters. The van der Waals surface area contributed by atoms with Crippen LogP contribution in [0.25, 0.3) is 0 Å². The zero-order chi connectivity index (χ0) is 14.4. The Morgan fingerprint density at radius 1 is 1.35 bits per heavy atom. The predicted molar refractivity (Wildman–Crippen MR) is 79.5 cm³/mol. The average Bonchev–Trinajstić information content (AvgIpc) is 2.69. The molecule has 0 aromatic heterocycles. The van der Waals surface area contributed by atoms with Gasteiger partial charge in [0, 0.05) is 25.2 Å². The summed E-state index contributed by atoms with van der Waals surface area (Å²) in [6, 6.07) is 0.361. The summed E-state index contributed by atoms with van der Waals surface area (Å²) in [6.45, 7) is 4.83. The van der Waals surface area contributed by atoms with Crippen LogP contribution >= 0.6 is 0 Å². The fraction of sp³-hybridized carbons (Fsp3) is 0.933. The van der Waals surface area contributed by atoms with Crippen molar-refractivity contribution in [2.45, 2.75) is 63.6 Å². The third-order valence-electron chi connectivity index (χ3n) is 4.48. The van der Waals surface area contributed by atoms with E-state index in [0.717, 1.165) is 32.4 Å². The van der Waals surface area contributed by atoms with Gasteiger partial charge in [-0.3, -0.25) is 9.69 Å². The van der Waals surface area contributed by atoms with Gasteiger partial charge in [-0.25, -0.2) is 0 Å². The lowest BCUT2D eigenvalue weighted by Crippen LogP contribution is -2.60. The highest BCUT2D eigenvalue weighted by molar-refractivity contribution is 5.82. The van der Waals surface area contributed by atoms with Crippen LogP contribution in [0, 0.1) is 0 Å². The highest BCUT2D eigenvalue weighted by atomic mass is 16.5. The van der Waals surface area contributed by atoms with Crippen molar-refractivity contribution in [2.24, 2.45) is 5.73 Å². The number of nitrogens with two attached hydrogens (primary N) is 1. The standard InChI is InChI=1S/C15H29N3O2/c1-2-8-17-15(19)14-11-20-10-9-18(14)13-7-5-3-4-6-12(13)16/h12-14H,2-11,16H2,1H3,(H,17,19). The Kier molecular flexibility index (Phi) is 6.26. The first-order valence-corrected chi connectivity index (χ1v) is 8.10. The molecule has 0 aromatic carbocycles. The van der Waals surface area contributed by atoms with E-state index in [1.807, 2.05) is 0 Å². The molecule has 1 aliphatic carbocycles. The van der Waals surface area contributed by atoms with Crippen LogP contribution < -0.4 is 11.1 Å². The third-order valence-corrected chi connectivity index (χ3v) is 4.48. The molecule has 5 nitrogen and oxygen atoms in total. The van der Waals surface area contributed by atoms with Gasteiger partial charge in [0.1, 0.15) is 6.04 Å². The topological polar surface area (TPSA) is 67.6 Å². The van der Waals surface area contributed by atoms with E-state index in [4.69, 9.17) is 10.5 Å². The van der Waals surface area contributed by atoms with E-state index >= 15 is 0 Å². The predicted octanol–water partition coefficient (Wildman–Crippen LogP) is 0.873. The maximum atomic E-state index is 12.3. The Hall–Kier alpha value is -0.650. The third kappa shape index (κ3) is 3.93. The molecule has 0 bridgehead atoms. The smallest absolute Gasteiger partial charge is 0.239 e. The van der Waals surface area contributed by atoms with Gasteiger partial charge in [-0.05, 0) is 19.3 Å². The Bertz CT molecular complexity index is 311. The number of nitrogens with one attached hydrogen (secondary N) is 1. The second kappa shape index (κ2) is 7.96. The number of rotatable bonds is 4. The van der Waals surface area contributed by atoms with Crippen molar-refractivity contribution in [2.75, 3.05) is 26.3 Å². The quantitative estimate of drug-likeness (QED) is 0.751. The van der Waals surface area contributed by atoms with Gasteiger partial charge in [0.05, 0.1) is 13.2 Å². The van der Waals surface area contributed by atoms with Crippen molar-refractivity contribution in [1.82, 2.24) is 10.2 Å². The Labute approximate surface area is 122 Å². The minimum absolute atomic E-state index is 0.1000. The number of hydrogen-bond donors (Lipinski definition) is 2. The number of nitrogens with zero attached hydrogens (tertiary/aromatic N) is 1. The molecular weight excluding hydrogens is 254 g/mol. The minimum Gasteiger partial charge on any atom is -0.378 e. The average molecular weight is 283 g/mol. The maximum absolute atomic E-state index is 12.3. The van der Waals surface area contributed by atoms with Crippen LogP contribution in [0.5, 0.6) is 0 Å². The molecule has 1 saturated carbocycles. The van der Waals surface area contributed by atoms with E-state index in [9.17, 15) is 4.79 Å². The van der Waals surface area contributed by atoms with Gasteiger partial charge in [-0.15, -0.1) is 0 Å². The fourth-order valence-corrected chi connectivity index (χ4v) is 3.33. The van der Waals surface area contributed by atoms with E-state index in [-0.39, 0.29) is 18.0 Å². The van der Waals surface area contributed by atoms with Gasteiger partial charge >= 0.3 is 0 Å². The summed E-state index contributed by atoms with van der Waals surface area (Å²) >= 11 is 0. The van der Waals surface area contributed by atoms with Gasteiger partial charge in [0.2, 0.25) is 5.91 Å².